The predicted molar refractivity (Wildman–Crippen MR) is 103 cm³/mol. The van der Waals surface area contributed by atoms with Crippen LogP contribution in [0.15, 0.2) is 73.1 Å². The third kappa shape index (κ3) is 3.78. The van der Waals surface area contributed by atoms with Gasteiger partial charge in [0, 0.05) is 19.3 Å². The van der Waals surface area contributed by atoms with Crippen molar-refractivity contribution in [2.24, 2.45) is 0 Å². The van der Waals surface area contributed by atoms with E-state index in [1.807, 2.05) is 60.7 Å². The summed E-state index contributed by atoms with van der Waals surface area (Å²) in [5, 5.41) is 15.2. The minimum atomic E-state index is -0.852. The Bertz CT molecular complexity index is 898. The fraction of sp³-hybridized carbons (Fsp3) is 0.273. The van der Waals surface area contributed by atoms with Crippen LogP contribution >= 0.6 is 0 Å². The molecule has 5 heteroatoms. The minimum absolute atomic E-state index is 0.0237. The van der Waals surface area contributed by atoms with Gasteiger partial charge in [-0.25, -0.2) is 0 Å². The highest BCUT2D eigenvalue weighted by atomic mass is 16.3. The highest BCUT2D eigenvalue weighted by molar-refractivity contribution is 5.93. The molecule has 0 saturated carbocycles. The van der Waals surface area contributed by atoms with Crippen LogP contribution in [0.1, 0.15) is 34.3 Å². The Hall–Kier alpha value is -2.92. The molecule has 1 N–H and O–H groups in total. The number of hydrogen-bond acceptors (Lipinski definition) is 3. The number of amides is 1. The number of rotatable bonds is 4. The van der Waals surface area contributed by atoms with E-state index >= 15 is 0 Å². The van der Waals surface area contributed by atoms with Crippen LogP contribution in [0.2, 0.25) is 0 Å². The molecule has 0 atom stereocenters. The Labute approximate surface area is 158 Å². The number of piperidine rings is 1. The van der Waals surface area contributed by atoms with Crippen LogP contribution in [0.25, 0.3) is 0 Å². The van der Waals surface area contributed by atoms with Crippen LogP contribution in [0, 0.1) is 0 Å². The number of nitrogens with zero attached hydrogens (tertiary/aromatic N) is 3. The lowest BCUT2D eigenvalue weighted by molar-refractivity contribution is -0.0211. The fourth-order valence-electron chi connectivity index (χ4n) is 3.63. The van der Waals surface area contributed by atoms with Crippen molar-refractivity contribution in [3.63, 3.8) is 0 Å². The first-order valence-corrected chi connectivity index (χ1v) is 9.28. The smallest absolute Gasteiger partial charge is 0.257 e. The molecule has 1 saturated heterocycles. The van der Waals surface area contributed by atoms with E-state index in [2.05, 4.69) is 5.10 Å². The van der Waals surface area contributed by atoms with Crippen molar-refractivity contribution in [2.75, 3.05) is 13.1 Å². The van der Waals surface area contributed by atoms with Gasteiger partial charge in [-0.05, 0) is 24.0 Å². The highest BCUT2D eigenvalue weighted by Crippen LogP contribution is 2.33. The Kier molecular flexibility index (Phi) is 4.77. The summed E-state index contributed by atoms with van der Waals surface area (Å²) in [4.78, 5) is 14.6. The zero-order chi connectivity index (χ0) is 18.7. The van der Waals surface area contributed by atoms with E-state index in [0.717, 1.165) is 11.1 Å². The molecule has 4 rings (SSSR count). The van der Waals surface area contributed by atoms with Gasteiger partial charge in [0.2, 0.25) is 0 Å². The van der Waals surface area contributed by atoms with Gasteiger partial charge in [0.05, 0.1) is 23.9 Å². The molecule has 0 unspecified atom stereocenters. The predicted octanol–water partition coefficient (Wildman–Crippen LogP) is 3.06. The van der Waals surface area contributed by atoms with E-state index in [9.17, 15) is 9.90 Å². The number of aromatic nitrogens is 2. The first kappa shape index (κ1) is 17.5. The van der Waals surface area contributed by atoms with Crippen molar-refractivity contribution in [1.82, 2.24) is 14.7 Å². The maximum Gasteiger partial charge on any atom is 0.257 e. The summed E-state index contributed by atoms with van der Waals surface area (Å²) in [7, 11) is 0. The van der Waals surface area contributed by atoms with Gasteiger partial charge < -0.3 is 10.0 Å². The summed E-state index contributed by atoms with van der Waals surface area (Å²) in [5.41, 5.74) is 1.81. The van der Waals surface area contributed by atoms with E-state index < -0.39 is 5.60 Å². The third-order valence-electron chi connectivity index (χ3n) is 5.26. The van der Waals surface area contributed by atoms with Crippen LogP contribution in [-0.4, -0.2) is 38.8 Å². The standard InChI is InChI=1S/C22H23N3O2/c26-21(19-15-23-25(17-19)16-18-7-3-1-4-8-18)24-13-11-22(27,12-14-24)20-9-5-2-6-10-20/h1-10,15,17,27H,11-14,16H2. The Balaban J connectivity index is 1.40. The van der Waals surface area contributed by atoms with Gasteiger partial charge in [0.1, 0.15) is 0 Å². The first-order chi connectivity index (χ1) is 13.1. The van der Waals surface area contributed by atoms with Gasteiger partial charge in [-0.2, -0.15) is 5.10 Å². The fourth-order valence-corrected chi connectivity index (χ4v) is 3.63. The summed E-state index contributed by atoms with van der Waals surface area (Å²) in [6, 6.07) is 19.8. The Morgan fingerprint density at radius 1 is 1.00 bits per heavy atom. The quantitative estimate of drug-likeness (QED) is 0.777. The van der Waals surface area contributed by atoms with Crippen molar-refractivity contribution < 1.29 is 9.90 Å². The molecule has 0 spiro atoms. The molecule has 1 amide bonds. The second-order valence-corrected chi connectivity index (χ2v) is 7.10. The SMILES string of the molecule is O=C(c1cnn(Cc2ccccc2)c1)N1CCC(O)(c2ccccc2)CC1. The zero-order valence-corrected chi connectivity index (χ0v) is 15.2. The molecule has 1 aromatic heterocycles. The van der Waals surface area contributed by atoms with Gasteiger partial charge in [-0.3, -0.25) is 9.48 Å². The van der Waals surface area contributed by atoms with Gasteiger partial charge in [-0.1, -0.05) is 60.7 Å². The molecular formula is C22H23N3O2. The summed E-state index contributed by atoms with van der Waals surface area (Å²) in [5.74, 6) is -0.0237. The van der Waals surface area contributed by atoms with Crippen molar-refractivity contribution >= 4 is 5.91 Å². The van der Waals surface area contributed by atoms with Gasteiger partial charge >= 0.3 is 0 Å². The van der Waals surface area contributed by atoms with E-state index in [1.165, 1.54) is 0 Å². The number of aliphatic hydroxyl groups is 1. The molecule has 0 bridgehead atoms. The lowest BCUT2D eigenvalue weighted by atomic mass is 9.84. The summed E-state index contributed by atoms with van der Waals surface area (Å²) < 4.78 is 1.78. The maximum absolute atomic E-state index is 12.8. The topological polar surface area (TPSA) is 58.4 Å². The minimum Gasteiger partial charge on any atom is -0.385 e. The molecule has 1 fully saturated rings. The molecule has 2 heterocycles. The van der Waals surface area contributed by atoms with Crippen LogP contribution < -0.4 is 0 Å². The first-order valence-electron chi connectivity index (χ1n) is 9.28. The average Bonchev–Trinajstić information content (AvgIpc) is 3.18. The molecular weight excluding hydrogens is 338 g/mol. The molecule has 1 aliphatic heterocycles. The van der Waals surface area contributed by atoms with Crippen LogP contribution in [0.4, 0.5) is 0 Å². The number of carbonyl (C=O) groups is 1. The number of carbonyl (C=O) groups excluding carboxylic acids is 1. The molecule has 5 nitrogen and oxygen atoms in total. The van der Waals surface area contributed by atoms with E-state index in [4.69, 9.17) is 0 Å². The normalized spacial score (nSPS) is 16.3. The van der Waals surface area contributed by atoms with Crippen molar-refractivity contribution in [2.45, 2.75) is 25.0 Å². The van der Waals surface area contributed by atoms with Gasteiger partial charge in [0.25, 0.3) is 5.91 Å². The molecule has 3 aromatic rings. The van der Waals surface area contributed by atoms with Gasteiger partial charge in [-0.15, -0.1) is 0 Å². The Morgan fingerprint density at radius 3 is 2.30 bits per heavy atom. The monoisotopic (exact) mass is 361 g/mol. The lowest BCUT2D eigenvalue weighted by Crippen LogP contribution is -2.45. The average molecular weight is 361 g/mol. The largest absolute Gasteiger partial charge is 0.385 e. The highest BCUT2D eigenvalue weighted by Gasteiger charge is 2.35. The summed E-state index contributed by atoms with van der Waals surface area (Å²) in [6.45, 7) is 1.71. The van der Waals surface area contributed by atoms with Gasteiger partial charge in [0.15, 0.2) is 0 Å². The summed E-state index contributed by atoms with van der Waals surface area (Å²) >= 11 is 0. The molecule has 2 aromatic carbocycles. The molecule has 0 aliphatic carbocycles. The summed E-state index contributed by atoms with van der Waals surface area (Å²) in [6.07, 6.45) is 4.51. The maximum atomic E-state index is 12.8. The molecule has 1 aliphatic rings. The van der Waals surface area contributed by atoms with Crippen LogP contribution in [-0.2, 0) is 12.1 Å². The second-order valence-electron chi connectivity index (χ2n) is 7.10. The van der Waals surface area contributed by atoms with Crippen LogP contribution in [0.3, 0.4) is 0 Å². The third-order valence-corrected chi connectivity index (χ3v) is 5.26. The number of benzene rings is 2. The van der Waals surface area contributed by atoms with Crippen molar-refractivity contribution in [1.29, 1.82) is 0 Å². The number of likely N-dealkylation sites (tertiary alicyclic amines) is 1. The molecule has 0 radical (unpaired) electrons. The molecule has 27 heavy (non-hydrogen) atoms. The van der Waals surface area contributed by atoms with E-state index in [1.54, 1.807) is 22.0 Å². The van der Waals surface area contributed by atoms with Crippen molar-refractivity contribution in [3.05, 3.63) is 89.7 Å². The second kappa shape index (κ2) is 7.37. The number of hydrogen-bond donors (Lipinski definition) is 1. The Morgan fingerprint density at radius 2 is 1.63 bits per heavy atom. The van der Waals surface area contributed by atoms with E-state index in [-0.39, 0.29) is 5.91 Å². The van der Waals surface area contributed by atoms with E-state index in [0.29, 0.717) is 38.0 Å². The van der Waals surface area contributed by atoms with Crippen molar-refractivity contribution in [3.8, 4) is 0 Å². The lowest BCUT2D eigenvalue weighted by Gasteiger charge is -2.38. The van der Waals surface area contributed by atoms with Crippen LogP contribution in [0.5, 0.6) is 0 Å². The zero-order valence-electron chi connectivity index (χ0n) is 15.2. The molecule has 138 valence electrons.